The molecule has 9 heteroatoms. The third-order valence-corrected chi connectivity index (χ3v) is 7.51. The first-order chi connectivity index (χ1) is 15.8. The van der Waals surface area contributed by atoms with Gasteiger partial charge in [0.25, 0.3) is 5.91 Å². The highest BCUT2D eigenvalue weighted by Crippen LogP contribution is 2.40. The van der Waals surface area contributed by atoms with Crippen LogP contribution in [0.1, 0.15) is 41.6 Å². The SMILES string of the molecule is Cc1c(NC(=O)COC(=O)c2cccc(N3C(=O)[C@@H]4CCCC[C@H]4C3=O)c2)ccc(Br)c1Cl. The molecule has 1 N–H and O–H groups in total. The minimum absolute atomic E-state index is 0.152. The second kappa shape index (κ2) is 9.65. The van der Waals surface area contributed by atoms with E-state index in [1.165, 1.54) is 17.0 Å². The third-order valence-electron chi connectivity index (χ3n) is 6.13. The van der Waals surface area contributed by atoms with Crippen LogP contribution in [-0.2, 0) is 19.1 Å². The molecule has 0 spiro atoms. The average molecular weight is 534 g/mol. The van der Waals surface area contributed by atoms with Crippen LogP contribution in [0.2, 0.25) is 5.02 Å². The van der Waals surface area contributed by atoms with Gasteiger partial charge in [0.15, 0.2) is 6.61 Å². The minimum Gasteiger partial charge on any atom is -0.452 e. The lowest BCUT2D eigenvalue weighted by atomic mass is 9.81. The Balaban J connectivity index is 1.41. The number of halogens is 2. The number of esters is 1. The molecule has 0 bridgehead atoms. The molecule has 1 aliphatic heterocycles. The number of hydrogen-bond acceptors (Lipinski definition) is 5. The maximum absolute atomic E-state index is 12.8. The Kier molecular flexibility index (Phi) is 6.86. The number of ether oxygens (including phenoxy) is 1. The average Bonchev–Trinajstić information content (AvgIpc) is 3.08. The highest BCUT2D eigenvalue weighted by molar-refractivity contribution is 9.10. The molecule has 4 rings (SSSR count). The minimum atomic E-state index is -0.728. The number of carbonyl (C=O) groups excluding carboxylic acids is 4. The van der Waals surface area contributed by atoms with Gasteiger partial charge in [0.2, 0.25) is 11.8 Å². The Morgan fingerprint density at radius 2 is 1.79 bits per heavy atom. The zero-order valence-electron chi connectivity index (χ0n) is 17.9. The summed E-state index contributed by atoms with van der Waals surface area (Å²) in [6.07, 6.45) is 3.31. The number of nitrogens with zero attached hydrogens (tertiary/aromatic N) is 1. The number of amides is 3. The van der Waals surface area contributed by atoms with E-state index in [1.54, 1.807) is 31.2 Å². The number of carbonyl (C=O) groups is 4. The van der Waals surface area contributed by atoms with Crippen LogP contribution >= 0.6 is 27.5 Å². The van der Waals surface area contributed by atoms with E-state index in [2.05, 4.69) is 21.2 Å². The monoisotopic (exact) mass is 532 g/mol. The Labute approximate surface area is 204 Å². The number of nitrogens with one attached hydrogen (secondary N) is 1. The summed E-state index contributed by atoms with van der Waals surface area (Å²) >= 11 is 9.49. The number of imide groups is 1. The number of hydrogen-bond donors (Lipinski definition) is 1. The van der Waals surface area contributed by atoms with Crippen molar-refractivity contribution < 1.29 is 23.9 Å². The molecule has 7 nitrogen and oxygen atoms in total. The van der Waals surface area contributed by atoms with E-state index in [0.717, 1.165) is 12.8 Å². The van der Waals surface area contributed by atoms with E-state index in [1.807, 2.05) is 0 Å². The number of anilines is 2. The molecule has 3 amide bonds. The largest absolute Gasteiger partial charge is 0.452 e. The molecule has 2 aromatic carbocycles. The van der Waals surface area contributed by atoms with E-state index < -0.39 is 18.5 Å². The predicted octanol–water partition coefficient (Wildman–Crippen LogP) is 4.89. The first-order valence-electron chi connectivity index (χ1n) is 10.7. The van der Waals surface area contributed by atoms with Gasteiger partial charge in [0, 0.05) is 10.2 Å². The normalized spacial score (nSPS) is 19.9. The molecule has 0 radical (unpaired) electrons. The van der Waals surface area contributed by atoms with Crippen molar-refractivity contribution in [1.82, 2.24) is 0 Å². The fraction of sp³-hybridized carbons (Fsp3) is 0.333. The summed E-state index contributed by atoms with van der Waals surface area (Å²) in [7, 11) is 0. The van der Waals surface area contributed by atoms with Crippen LogP contribution in [0.5, 0.6) is 0 Å². The molecule has 2 aliphatic rings. The second-order valence-corrected chi connectivity index (χ2v) is 9.45. The Morgan fingerprint density at radius 3 is 2.45 bits per heavy atom. The van der Waals surface area contributed by atoms with Gasteiger partial charge in [-0.1, -0.05) is 30.5 Å². The van der Waals surface area contributed by atoms with Gasteiger partial charge in [-0.15, -0.1) is 0 Å². The Hall–Kier alpha value is -2.71. The quantitative estimate of drug-likeness (QED) is 0.437. The summed E-state index contributed by atoms with van der Waals surface area (Å²) in [4.78, 5) is 51.6. The summed E-state index contributed by atoms with van der Waals surface area (Å²) in [5, 5.41) is 3.14. The maximum atomic E-state index is 12.8. The van der Waals surface area contributed by atoms with Crippen molar-refractivity contribution in [2.45, 2.75) is 32.6 Å². The van der Waals surface area contributed by atoms with Crippen molar-refractivity contribution in [3.8, 4) is 0 Å². The Morgan fingerprint density at radius 1 is 1.12 bits per heavy atom. The van der Waals surface area contributed by atoms with Crippen LogP contribution in [-0.4, -0.2) is 30.3 Å². The van der Waals surface area contributed by atoms with Crippen molar-refractivity contribution in [3.05, 3.63) is 57.0 Å². The topological polar surface area (TPSA) is 92.8 Å². The first kappa shape index (κ1) is 23.4. The molecular weight excluding hydrogens is 512 g/mol. The summed E-state index contributed by atoms with van der Waals surface area (Å²) in [5.41, 5.74) is 1.69. The van der Waals surface area contributed by atoms with Crippen molar-refractivity contribution >= 4 is 62.6 Å². The highest BCUT2D eigenvalue weighted by Gasteiger charge is 2.48. The van der Waals surface area contributed by atoms with E-state index in [-0.39, 0.29) is 29.2 Å². The van der Waals surface area contributed by atoms with Crippen LogP contribution in [0, 0.1) is 18.8 Å². The van der Waals surface area contributed by atoms with Gasteiger partial charge in [-0.25, -0.2) is 4.79 Å². The molecule has 2 fully saturated rings. The molecule has 2 atom stereocenters. The molecule has 1 heterocycles. The van der Waals surface area contributed by atoms with E-state index in [9.17, 15) is 19.2 Å². The van der Waals surface area contributed by atoms with E-state index in [4.69, 9.17) is 16.3 Å². The fourth-order valence-corrected chi connectivity index (χ4v) is 4.97. The molecule has 1 saturated carbocycles. The maximum Gasteiger partial charge on any atom is 0.338 e. The molecule has 1 saturated heterocycles. The van der Waals surface area contributed by atoms with Crippen molar-refractivity contribution in [1.29, 1.82) is 0 Å². The van der Waals surface area contributed by atoms with Gasteiger partial charge < -0.3 is 10.1 Å². The predicted molar refractivity (Wildman–Crippen MR) is 127 cm³/mol. The van der Waals surface area contributed by atoms with Crippen LogP contribution in [0.3, 0.4) is 0 Å². The summed E-state index contributed by atoms with van der Waals surface area (Å²) in [6.45, 7) is 1.26. The summed E-state index contributed by atoms with van der Waals surface area (Å²) < 4.78 is 5.85. The molecule has 0 unspecified atom stereocenters. The second-order valence-electron chi connectivity index (χ2n) is 8.22. The van der Waals surface area contributed by atoms with Gasteiger partial charge in [0.1, 0.15) is 0 Å². The molecule has 172 valence electrons. The number of benzene rings is 2. The van der Waals surface area contributed by atoms with Crippen LogP contribution in [0.15, 0.2) is 40.9 Å². The van der Waals surface area contributed by atoms with Crippen LogP contribution in [0.25, 0.3) is 0 Å². The van der Waals surface area contributed by atoms with Crippen molar-refractivity contribution in [2.24, 2.45) is 11.8 Å². The lowest BCUT2D eigenvalue weighted by Gasteiger charge is -2.19. The zero-order chi connectivity index (χ0) is 23.7. The van der Waals surface area contributed by atoms with Crippen LogP contribution in [0.4, 0.5) is 11.4 Å². The lowest BCUT2D eigenvalue weighted by Crippen LogP contribution is -2.31. The van der Waals surface area contributed by atoms with Gasteiger partial charge in [-0.05, 0) is 71.6 Å². The molecule has 1 aliphatic carbocycles. The van der Waals surface area contributed by atoms with Gasteiger partial charge in [-0.2, -0.15) is 0 Å². The van der Waals surface area contributed by atoms with Gasteiger partial charge in [0.05, 0.1) is 28.1 Å². The summed E-state index contributed by atoms with van der Waals surface area (Å²) in [5.74, 6) is -2.22. The first-order valence-corrected chi connectivity index (χ1v) is 11.8. The van der Waals surface area contributed by atoms with Crippen LogP contribution < -0.4 is 10.2 Å². The smallest absolute Gasteiger partial charge is 0.338 e. The van der Waals surface area contributed by atoms with Crippen molar-refractivity contribution in [3.63, 3.8) is 0 Å². The van der Waals surface area contributed by atoms with E-state index >= 15 is 0 Å². The van der Waals surface area contributed by atoms with Crippen molar-refractivity contribution in [2.75, 3.05) is 16.8 Å². The third kappa shape index (κ3) is 4.68. The Bertz CT molecular complexity index is 1130. The van der Waals surface area contributed by atoms with E-state index in [0.29, 0.717) is 39.3 Å². The van der Waals surface area contributed by atoms with Gasteiger partial charge in [-0.3, -0.25) is 19.3 Å². The molecule has 2 aromatic rings. The summed E-state index contributed by atoms with van der Waals surface area (Å²) in [6, 6.07) is 9.57. The number of rotatable bonds is 5. The highest BCUT2D eigenvalue weighted by atomic mass is 79.9. The molecular formula is C24H22BrClN2O5. The molecule has 0 aromatic heterocycles. The lowest BCUT2D eigenvalue weighted by molar-refractivity contribution is -0.122. The standard InChI is InChI=1S/C24H22BrClN2O5/c1-13-19(10-9-18(25)21(13)26)27-20(29)12-33-24(32)14-5-4-6-15(11-14)28-22(30)16-7-2-3-8-17(16)23(28)31/h4-6,9-11,16-17H,2-3,7-8,12H2,1H3,(H,27,29)/t16-,17-/m1/s1. The molecule has 33 heavy (non-hydrogen) atoms. The fourth-order valence-electron chi connectivity index (χ4n) is 4.38. The zero-order valence-corrected chi connectivity index (χ0v) is 20.2. The number of fused-ring (bicyclic) bond motifs is 1. The van der Waals surface area contributed by atoms with Gasteiger partial charge >= 0.3 is 5.97 Å².